The molecule has 0 fully saturated rings. The summed E-state index contributed by atoms with van der Waals surface area (Å²) in [6.45, 7) is 0. The van der Waals surface area contributed by atoms with Crippen molar-refractivity contribution in [1.29, 1.82) is 0 Å². The van der Waals surface area contributed by atoms with Gasteiger partial charge in [0.1, 0.15) is 5.52 Å². The number of hydrogen-bond acceptors (Lipinski definition) is 5. The molecule has 0 saturated heterocycles. The number of carbonyl (C=O) groups is 1. The molecule has 3 rings (SSSR count). The molecule has 0 saturated carbocycles. The summed E-state index contributed by atoms with van der Waals surface area (Å²) in [6.07, 6.45) is -5.01. The van der Waals surface area contributed by atoms with Gasteiger partial charge in [-0.25, -0.2) is 4.98 Å². The van der Waals surface area contributed by atoms with E-state index in [4.69, 9.17) is 0 Å². The van der Waals surface area contributed by atoms with E-state index in [0.717, 1.165) is 6.07 Å². The van der Waals surface area contributed by atoms with Gasteiger partial charge in [0.25, 0.3) is 5.69 Å². The van der Waals surface area contributed by atoms with Crippen molar-refractivity contribution in [2.45, 2.75) is 6.18 Å². The summed E-state index contributed by atoms with van der Waals surface area (Å²) in [5.41, 5.74) is 0.402. The monoisotopic (exact) mass is 366 g/mol. The van der Waals surface area contributed by atoms with Crippen LogP contribution in [-0.4, -0.2) is 31.9 Å². The summed E-state index contributed by atoms with van der Waals surface area (Å²) in [6, 6.07) is 8.84. The van der Waals surface area contributed by atoms with Gasteiger partial charge in [0.2, 0.25) is 0 Å². The van der Waals surface area contributed by atoms with Crippen molar-refractivity contribution in [3.63, 3.8) is 0 Å². The molecule has 0 radical (unpaired) electrons. The second-order valence-electron chi connectivity index (χ2n) is 5.21. The molecular weight excluding hydrogens is 357 g/mol. The highest BCUT2D eigenvalue weighted by Crippen LogP contribution is 2.27. The lowest BCUT2D eigenvalue weighted by Crippen LogP contribution is -2.29. The zero-order valence-corrected chi connectivity index (χ0v) is 12.7. The molecule has 0 unspecified atom stereocenters. The molecule has 134 valence electrons. The van der Waals surface area contributed by atoms with Crippen molar-refractivity contribution in [1.82, 2.24) is 9.71 Å². The average Bonchev–Trinajstić information content (AvgIpc) is 2.91. The third kappa shape index (κ3) is 3.14. The van der Waals surface area contributed by atoms with Crippen molar-refractivity contribution in [3.05, 3.63) is 52.6 Å². The standard InChI is InChI=1S/C15H9F3N4O4/c16-15(17,18)14(23)19-9-3-1-8(2-4-9)13-20-11-6-5-10(22(25)26)7-12(11)21(13)24/h1-7,24H,(H,19,23). The Labute approximate surface area is 142 Å². The van der Waals surface area contributed by atoms with Gasteiger partial charge >= 0.3 is 12.1 Å². The largest absolute Gasteiger partial charge is 0.471 e. The van der Waals surface area contributed by atoms with Gasteiger partial charge in [0, 0.05) is 23.4 Å². The number of rotatable bonds is 3. The first-order valence-electron chi connectivity index (χ1n) is 7.01. The Morgan fingerprint density at radius 3 is 2.42 bits per heavy atom. The number of fused-ring (bicyclic) bond motifs is 1. The van der Waals surface area contributed by atoms with E-state index in [1.165, 1.54) is 36.4 Å². The number of nitrogens with zero attached hydrogens (tertiary/aromatic N) is 3. The third-order valence-electron chi connectivity index (χ3n) is 3.48. The first-order chi connectivity index (χ1) is 12.2. The Morgan fingerprint density at radius 1 is 1.19 bits per heavy atom. The number of aromatic nitrogens is 2. The predicted octanol–water partition coefficient (Wildman–Crippen LogP) is 3.35. The fraction of sp³-hybridized carbons (Fsp3) is 0.0667. The zero-order chi connectivity index (χ0) is 19.1. The fourth-order valence-electron chi connectivity index (χ4n) is 2.26. The molecule has 0 aliphatic rings. The van der Waals surface area contributed by atoms with Crippen molar-refractivity contribution in [2.75, 3.05) is 5.32 Å². The van der Waals surface area contributed by atoms with Crippen LogP contribution in [0.2, 0.25) is 0 Å². The Bertz CT molecular complexity index is 1010. The van der Waals surface area contributed by atoms with Crippen LogP contribution in [0, 0.1) is 10.1 Å². The van der Waals surface area contributed by atoms with Gasteiger partial charge in [-0.2, -0.15) is 17.9 Å². The molecule has 1 amide bonds. The molecule has 2 aromatic carbocycles. The van der Waals surface area contributed by atoms with E-state index < -0.39 is 17.0 Å². The minimum Gasteiger partial charge on any atom is -0.426 e. The van der Waals surface area contributed by atoms with Crippen LogP contribution in [0.4, 0.5) is 24.5 Å². The summed E-state index contributed by atoms with van der Waals surface area (Å²) >= 11 is 0. The first kappa shape index (κ1) is 17.2. The number of carbonyl (C=O) groups excluding carboxylic acids is 1. The molecule has 26 heavy (non-hydrogen) atoms. The SMILES string of the molecule is O=C(Nc1ccc(-c2nc3ccc([N+](=O)[O-])cc3n2O)cc1)C(F)(F)F. The number of imidazole rings is 1. The third-order valence-corrected chi connectivity index (χ3v) is 3.48. The summed E-state index contributed by atoms with van der Waals surface area (Å²) in [4.78, 5) is 25.2. The molecule has 0 spiro atoms. The molecule has 8 nitrogen and oxygen atoms in total. The van der Waals surface area contributed by atoms with Gasteiger partial charge in [-0.1, -0.05) is 0 Å². The van der Waals surface area contributed by atoms with E-state index in [1.54, 1.807) is 5.32 Å². The second kappa shape index (κ2) is 6.02. The maximum absolute atomic E-state index is 12.2. The summed E-state index contributed by atoms with van der Waals surface area (Å²) in [5, 5.41) is 22.7. The highest BCUT2D eigenvalue weighted by Gasteiger charge is 2.38. The molecule has 0 atom stereocenters. The van der Waals surface area contributed by atoms with Gasteiger partial charge in [-0.05, 0) is 30.3 Å². The Kier molecular flexibility index (Phi) is 3.98. The maximum Gasteiger partial charge on any atom is 0.471 e. The van der Waals surface area contributed by atoms with Crippen molar-refractivity contribution in [2.24, 2.45) is 0 Å². The van der Waals surface area contributed by atoms with Crippen LogP contribution in [0.5, 0.6) is 0 Å². The lowest BCUT2D eigenvalue weighted by molar-refractivity contribution is -0.384. The molecule has 1 heterocycles. The van der Waals surface area contributed by atoms with Gasteiger partial charge in [-0.3, -0.25) is 14.9 Å². The molecule has 0 aliphatic heterocycles. The number of halogens is 3. The topological polar surface area (TPSA) is 110 Å². The Morgan fingerprint density at radius 2 is 1.85 bits per heavy atom. The number of nitro benzene ring substituents is 1. The van der Waals surface area contributed by atoms with Gasteiger partial charge in [0.05, 0.1) is 10.4 Å². The zero-order valence-electron chi connectivity index (χ0n) is 12.7. The van der Waals surface area contributed by atoms with Crippen LogP contribution in [0.25, 0.3) is 22.4 Å². The molecule has 0 bridgehead atoms. The van der Waals surface area contributed by atoms with Crippen LogP contribution in [0.3, 0.4) is 0 Å². The summed E-state index contributed by atoms with van der Waals surface area (Å²) in [7, 11) is 0. The van der Waals surface area contributed by atoms with E-state index in [-0.39, 0.29) is 22.7 Å². The number of non-ortho nitro benzene ring substituents is 1. The quantitative estimate of drug-likeness (QED) is 0.420. The number of amides is 1. The maximum atomic E-state index is 12.2. The molecule has 0 aliphatic carbocycles. The van der Waals surface area contributed by atoms with Crippen LogP contribution in [0.1, 0.15) is 0 Å². The van der Waals surface area contributed by atoms with E-state index in [2.05, 4.69) is 4.98 Å². The van der Waals surface area contributed by atoms with Crippen molar-refractivity contribution >= 4 is 28.3 Å². The number of nitro groups is 1. The van der Waals surface area contributed by atoms with E-state index in [1.807, 2.05) is 0 Å². The molecule has 11 heteroatoms. The van der Waals surface area contributed by atoms with Crippen molar-refractivity contribution < 1.29 is 28.1 Å². The smallest absolute Gasteiger partial charge is 0.426 e. The lowest BCUT2D eigenvalue weighted by Gasteiger charge is -2.08. The van der Waals surface area contributed by atoms with Crippen LogP contribution in [-0.2, 0) is 4.79 Å². The molecular formula is C15H9F3N4O4. The van der Waals surface area contributed by atoms with Gasteiger partial charge in [-0.15, -0.1) is 0 Å². The number of alkyl halides is 3. The number of anilines is 1. The highest BCUT2D eigenvalue weighted by atomic mass is 19.4. The molecule has 2 N–H and O–H groups in total. The summed E-state index contributed by atoms with van der Waals surface area (Å²) < 4.78 is 37.3. The lowest BCUT2D eigenvalue weighted by atomic mass is 10.2. The van der Waals surface area contributed by atoms with Crippen LogP contribution >= 0.6 is 0 Å². The van der Waals surface area contributed by atoms with Crippen molar-refractivity contribution in [3.8, 4) is 11.4 Å². The first-order valence-corrected chi connectivity index (χ1v) is 7.01. The van der Waals surface area contributed by atoms with Crippen LogP contribution in [0.15, 0.2) is 42.5 Å². The molecule has 3 aromatic rings. The molecule has 1 aromatic heterocycles. The summed E-state index contributed by atoms with van der Waals surface area (Å²) in [5.74, 6) is -2.07. The minimum absolute atomic E-state index is 0.0363. The Hall–Kier alpha value is -3.63. The normalized spacial score (nSPS) is 11.5. The average molecular weight is 366 g/mol. The van der Waals surface area contributed by atoms with E-state index in [9.17, 15) is 33.3 Å². The van der Waals surface area contributed by atoms with Crippen LogP contribution < -0.4 is 5.32 Å². The van der Waals surface area contributed by atoms with Gasteiger partial charge < -0.3 is 10.5 Å². The minimum atomic E-state index is -5.01. The number of nitrogens with one attached hydrogen (secondary N) is 1. The second-order valence-corrected chi connectivity index (χ2v) is 5.21. The van der Waals surface area contributed by atoms with E-state index in [0.29, 0.717) is 15.8 Å². The fourth-order valence-corrected chi connectivity index (χ4v) is 2.26. The number of benzene rings is 2. The Balaban J connectivity index is 1.93. The highest BCUT2D eigenvalue weighted by molar-refractivity contribution is 5.95. The number of hydrogen-bond donors (Lipinski definition) is 2. The van der Waals surface area contributed by atoms with Gasteiger partial charge in [0.15, 0.2) is 5.82 Å². The predicted molar refractivity (Wildman–Crippen MR) is 83.7 cm³/mol. The van der Waals surface area contributed by atoms with E-state index >= 15 is 0 Å².